The van der Waals surface area contributed by atoms with Crippen LogP contribution < -0.4 is 10.5 Å². The van der Waals surface area contributed by atoms with Crippen LogP contribution in [0.2, 0.25) is 0 Å². The lowest BCUT2D eigenvalue weighted by Crippen LogP contribution is -1.89. The Bertz CT molecular complexity index is 594. The molecular formula is C13H12N2O2. The third-order valence-corrected chi connectivity index (χ3v) is 2.64. The molecule has 0 spiro atoms. The van der Waals surface area contributed by atoms with E-state index in [1.54, 1.807) is 7.11 Å². The van der Waals surface area contributed by atoms with Crippen LogP contribution in [-0.2, 0) is 0 Å². The topological polar surface area (TPSA) is 72.2 Å². The highest BCUT2D eigenvalue weighted by molar-refractivity contribution is 5.75. The second kappa shape index (κ2) is 4.22. The standard InChI is InChI=1S/C13H12N2O2/c1-8-5-9(3-4-12(8)16-2)11-7-17-13(15)10(11)6-14/h3-5,7H,15H2,1-2H3. The maximum Gasteiger partial charge on any atom is 0.208 e. The minimum atomic E-state index is 0.149. The van der Waals surface area contributed by atoms with Gasteiger partial charge >= 0.3 is 0 Å². The Balaban J connectivity index is 2.54. The van der Waals surface area contributed by atoms with Crippen LogP contribution in [-0.4, -0.2) is 7.11 Å². The highest BCUT2D eigenvalue weighted by atomic mass is 16.5. The lowest BCUT2D eigenvalue weighted by Gasteiger charge is -2.06. The van der Waals surface area contributed by atoms with Crippen molar-refractivity contribution in [1.82, 2.24) is 0 Å². The molecule has 0 unspecified atom stereocenters. The molecule has 86 valence electrons. The predicted molar refractivity (Wildman–Crippen MR) is 64.6 cm³/mol. The second-order valence-corrected chi connectivity index (χ2v) is 3.68. The van der Waals surface area contributed by atoms with Gasteiger partial charge in [0.1, 0.15) is 23.6 Å². The summed E-state index contributed by atoms with van der Waals surface area (Å²) in [6.07, 6.45) is 1.50. The van der Waals surface area contributed by atoms with E-state index in [0.717, 1.165) is 16.9 Å². The summed E-state index contributed by atoms with van der Waals surface area (Å²) in [5.74, 6) is 0.958. The van der Waals surface area contributed by atoms with Gasteiger partial charge in [-0.25, -0.2) is 0 Å². The predicted octanol–water partition coefficient (Wildman–Crippen LogP) is 2.72. The van der Waals surface area contributed by atoms with Crippen molar-refractivity contribution in [2.75, 3.05) is 12.8 Å². The van der Waals surface area contributed by atoms with Gasteiger partial charge in [0.25, 0.3) is 0 Å². The molecule has 0 aliphatic rings. The first-order chi connectivity index (χ1) is 8.17. The van der Waals surface area contributed by atoms with Crippen LogP contribution in [0.25, 0.3) is 11.1 Å². The monoisotopic (exact) mass is 228 g/mol. The van der Waals surface area contributed by atoms with Crippen LogP contribution in [0.1, 0.15) is 11.1 Å². The Hall–Kier alpha value is -2.41. The van der Waals surface area contributed by atoms with Crippen LogP contribution >= 0.6 is 0 Å². The molecule has 0 saturated heterocycles. The van der Waals surface area contributed by atoms with Gasteiger partial charge < -0.3 is 14.9 Å². The molecule has 0 fully saturated rings. The van der Waals surface area contributed by atoms with E-state index < -0.39 is 0 Å². The molecule has 17 heavy (non-hydrogen) atoms. The molecule has 0 saturated carbocycles. The third kappa shape index (κ3) is 1.83. The summed E-state index contributed by atoms with van der Waals surface area (Å²) < 4.78 is 10.2. The Morgan fingerprint density at radius 3 is 2.76 bits per heavy atom. The van der Waals surface area contributed by atoms with Crippen molar-refractivity contribution >= 4 is 5.88 Å². The summed E-state index contributed by atoms with van der Waals surface area (Å²) in [5, 5.41) is 9.00. The second-order valence-electron chi connectivity index (χ2n) is 3.68. The zero-order valence-electron chi connectivity index (χ0n) is 9.65. The quantitative estimate of drug-likeness (QED) is 0.857. The number of hydrogen-bond donors (Lipinski definition) is 1. The van der Waals surface area contributed by atoms with Gasteiger partial charge in [0, 0.05) is 5.56 Å². The van der Waals surface area contributed by atoms with Gasteiger partial charge in [-0.3, -0.25) is 0 Å². The number of aryl methyl sites for hydroxylation is 1. The molecule has 1 aromatic heterocycles. The highest BCUT2D eigenvalue weighted by Gasteiger charge is 2.13. The van der Waals surface area contributed by atoms with E-state index in [2.05, 4.69) is 0 Å². The molecule has 0 bridgehead atoms. The fraction of sp³-hybridized carbons (Fsp3) is 0.154. The van der Waals surface area contributed by atoms with Gasteiger partial charge in [0.15, 0.2) is 0 Å². The SMILES string of the molecule is COc1ccc(-c2coc(N)c2C#N)cc1C. The van der Waals surface area contributed by atoms with Crippen molar-refractivity contribution in [3.05, 3.63) is 35.6 Å². The van der Waals surface area contributed by atoms with Crippen molar-refractivity contribution in [3.63, 3.8) is 0 Å². The molecule has 0 aliphatic carbocycles. The zero-order chi connectivity index (χ0) is 12.4. The first-order valence-electron chi connectivity index (χ1n) is 5.09. The summed E-state index contributed by atoms with van der Waals surface area (Å²) in [4.78, 5) is 0. The van der Waals surface area contributed by atoms with Crippen molar-refractivity contribution in [2.24, 2.45) is 0 Å². The molecule has 2 aromatic rings. The summed E-state index contributed by atoms with van der Waals surface area (Å²) in [6.45, 7) is 1.94. The van der Waals surface area contributed by atoms with E-state index in [9.17, 15) is 0 Å². The fourth-order valence-electron chi connectivity index (χ4n) is 1.75. The maximum absolute atomic E-state index is 9.00. The number of benzene rings is 1. The minimum absolute atomic E-state index is 0.149. The molecule has 0 amide bonds. The Morgan fingerprint density at radius 1 is 1.41 bits per heavy atom. The number of furan rings is 1. The van der Waals surface area contributed by atoms with E-state index in [4.69, 9.17) is 20.1 Å². The molecule has 2 N–H and O–H groups in total. The number of nitrogen functional groups attached to an aromatic ring is 1. The van der Waals surface area contributed by atoms with Gasteiger partial charge in [0.2, 0.25) is 5.88 Å². The van der Waals surface area contributed by atoms with Gasteiger partial charge in [0.05, 0.1) is 7.11 Å². The molecule has 4 nitrogen and oxygen atoms in total. The fourth-order valence-corrected chi connectivity index (χ4v) is 1.75. The molecule has 1 heterocycles. The number of rotatable bonds is 2. The summed E-state index contributed by atoms with van der Waals surface area (Å²) >= 11 is 0. The van der Waals surface area contributed by atoms with Gasteiger partial charge in [-0.15, -0.1) is 0 Å². The normalized spacial score (nSPS) is 9.94. The average Bonchev–Trinajstić information content (AvgIpc) is 2.70. The number of nitrogens with two attached hydrogens (primary N) is 1. The maximum atomic E-state index is 9.00. The Morgan fingerprint density at radius 2 is 2.18 bits per heavy atom. The van der Waals surface area contributed by atoms with Crippen LogP contribution in [0.5, 0.6) is 5.75 Å². The lowest BCUT2D eigenvalue weighted by atomic mass is 10.0. The van der Waals surface area contributed by atoms with Crippen molar-refractivity contribution in [3.8, 4) is 22.9 Å². The first-order valence-corrected chi connectivity index (χ1v) is 5.09. The van der Waals surface area contributed by atoms with E-state index >= 15 is 0 Å². The van der Waals surface area contributed by atoms with Crippen LogP contribution in [0.15, 0.2) is 28.9 Å². The van der Waals surface area contributed by atoms with Crippen molar-refractivity contribution in [1.29, 1.82) is 5.26 Å². The van der Waals surface area contributed by atoms with E-state index in [-0.39, 0.29) is 5.88 Å². The molecule has 1 aromatic carbocycles. The average molecular weight is 228 g/mol. The van der Waals surface area contributed by atoms with E-state index in [0.29, 0.717) is 11.1 Å². The van der Waals surface area contributed by atoms with Gasteiger partial charge in [-0.2, -0.15) is 5.26 Å². The molecule has 0 radical (unpaired) electrons. The smallest absolute Gasteiger partial charge is 0.208 e. The largest absolute Gasteiger partial charge is 0.496 e. The van der Waals surface area contributed by atoms with E-state index in [1.165, 1.54) is 6.26 Å². The highest BCUT2D eigenvalue weighted by Crippen LogP contribution is 2.31. The number of hydrogen-bond acceptors (Lipinski definition) is 4. The third-order valence-electron chi connectivity index (χ3n) is 2.64. The molecule has 0 atom stereocenters. The Labute approximate surface area is 99.2 Å². The van der Waals surface area contributed by atoms with Gasteiger partial charge in [-0.1, -0.05) is 6.07 Å². The van der Waals surface area contributed by atoms with Crippen LogP contribution in [0.4, 0.5) is 5.88 Å². The number of ether oxygens (including phenoxy) is 1. The van der Waals surface area contributed by atoms with Crippen LogP contribution in [0, 0.1) is 18.3 Å². The molecular weight excluding hydrogens is 216 g/mol. The first kappa shape index (κ1) is 11.1. The van der Waals surface area contributed by atoms with Crippen LogP contribution in [0.3, 0.4) is 0 Å². The minimum Gasteiger partial charge on any atom is -0.496 e. The number of methoxy groups -OCH3 is 1. The zero-order valence-corrected chi connectivity index (χ0v) is 9.65. The molecule has 4 heteroatoms. The van der Waals surface area contributed by atoms with E-state index in [1.807, 2.05) is 31.2 Å². The van der Waals surface area contributed by atoms with Crippen molar-refractivity contribution < 1.29 is 9.15 Å². The summed E-state index contributed by atoms with van der Waals surface area (Å²) in [7, 11) is 1.62. The summed E-state index contributed by atoms with van der Waals surface area (Å²) in [5.41, 5.74) is 8.53. The number of nitrogens with zero attached hydrogens (tertiary/aromatic N) is 1. The molecule has 2 rings (SSSR count). The summed E-state index contributed by atoms with van der Waals surface area (Å²) in [6, 6.07) is 7.70. The number of anilines is 1. The lowest BCUT2D eigenvalue weighted by molar-refractivity contribution is 0.412. The van der Waals surface area contributed by atoms with Crippen molar-refractivity contribution in [2.45, 2.75) is 6.92 Å². The molecule has 0 aliphatic heterocycles. The Kier molecular flexibility index (Phi) is 2.75. The number of nitriles is 1. The van der Waals surface area contributed by atoms with Gasteiger partial charge in [-0.05, 0) is 30.2 Å².